The van der Waals surface area contributed by atoms with Gasteiger partial charge in [0, 0.05) is 30.7 Å². The van der Waals surface area contributed by atoms with Crippen molar-refractivity contribution in [1.29, 1.82) is 0 Å². The Morgan fingerprint density at radius 3 is 3.00 bits per heavy atom. The van der Waals surface area contributed by atoms with Crippen molar-refractivity contribution in [3.05, 3.63) is 48.5 Å². The van der Waals surface area contributed by atoms with Crippen LogP contribution < -0.4 is 10.6 Å². The maximum Gasteiger partial charge on any atom is 0.315 e. The standard InChI is InChI=1S/C19H26N4O2/c1-14(11-18-7-4-10-25-18)21-19(24)22-15(2)16-5-3-6-17(12-16)23-9-8-20-13-23/h3,5-6,8-9,12-15,18H,4,7,10-11H2,1-2H3,(H2,21,22,24)/t14-,15-,18-/m1/s1. The van der Waals surface area contributed by atoms with Crippen molar-refractivity contribution in [2.75, 3.05) is 6.61 Å². The molecule has 1 aromatic heterocycles. The van der Waals surface area contributed by atoms with Crippen LogP contribution in [0.2, 0.25) is 0 Å². The molecule has 1 aromatic carbocycles. The average Bonchev–Trinajstić information content (AvgIpc) is 3.28. The molecule has 3 rings (SSSR count). The van der Waals surface area contributed by atoms with Crippen LogP contribution in [0.3, 0.4) is 0 Å². The first-order valence-electron chi connectivity index (χ1n) is 8.89. The Morgan fingerprint density at radius 2 is 2.28 bits per heavy atom. The van der Waals surface area contributed by atoms with Crippen LogP contribution in [0.15, 0.2) is 43.0 Å². The van der Waals surface area contributed by atoms with Crippen LogP contribution >= 0.6 is 0 Å². The molecule has 134 valence electrons. The zero-order chi connectivity index (χ0) is 17.6. The lowest BCUT2D eigenvalue weighted by molar-refractivity contribution is 0.0971. The lowest BCUT2D eigenvalue weighted by Gasteiger charge is -2.20. The number of ether oxygens (including phenoxy) is 1. The monoisotopic (exact) mass is 342 g/mol. The van der Waals surface area contributed by atoms with E-state index in [2.05, 4.69) is 21.7 Å². The van der Waals surface area contributed by atoms with Gasteiger partial charge < -0.3 is 19.9 Å². The number of rotatable bonds is 6. The number of nitrogens with one attached hydrogen (secondary N) is 2. The van der Waals surface area contributed by atoms with Gasteiger partial charge in [-0.25, -0.2) is 9.78 Å². The highest BCUT2D eigenvalue weighted by Gasteiger charge is 2.20. The van der Waals surface area contributed by atoms with Gasteiger partial charge in [-0.05, 0) is 50.8 Å². The molecule has 6 heteroatoms. The van der Waals surface area contributed by atoms with E-state index in [4.69, 9.17) is 4.74 Å². The summed E-state index contributed by atoms with van der Waals surface area (Å²) in [7, 11) is 0. The van der Waals surface area contributed by atoms with Crippen molar-refractivity contribution in [3.8, 4) is 5.69 Å². The fraction of sp³-hybridized carbons (Fsp3) is 0.474. The van der Waals surface area contributed by atoms with E-state index in [-0.39, 0.29) is 24.2 Å². The maximum absolute atomic E-state index is 12.2. The summed E-state index contributed by atoms with van der Waals surface area (Å²) < 4.78 is 7.57. The van der Waals surface area contributed by atoms with Crippen molar-refractivity contribution in [3.63, 3.8) is 0 Å². The van der Waals surface area contributed by atoms with Gasteiger partial charge in [0.25, 0.3) is 0 Å². The topological polar surface area (TPSA) is 68.2 Å². The Labute approximate surface area is 148 Å². The molecule has 1 saturated heterocycles. The smallest absolute Gasteiger partial charge is 0.315 e. The fourth-order valence-corrected chi connectivity index (χ4v) is 3.20. The van der Waals surface area contributed by atoms with Gasteiger partial charge in [-0.15, -0.1) is 0 Å². The van der Waals surface area contributed by atoms with Gasteiger partial charge in [0.15, 0.2) is 0 Å². The maximum atomic E-state index is 12.2. The molecule has 0 saturated carbocycles. The van der Waals surface area contributed by atoms with Gasteiger partial charge >= 0.3 is 6.03 Å². The zero-order valence-corrected chi connectivity index (χ0v) is 14.8. The number of nitrogens with zero attached hydrogens (tertiary/aromatic N) is 2. The summed E-state index contributed by atoms with van der Waals surface area (Å²) in [5.74, 6) is 0. The summed E-state index contributed by atoms with van der Waals surface area (Å²) in [6, 6.07) is 7.93. The van der Waals surface area contributed by atoms with Gasteiger partial charge in [-0.2, -0.15) is 0 Å². The minimum absolute atomic E-state index is 0.0848. The molecule has 0 spiro atoms. The van der Waals surface area contributed by atoms with Crippen molar-refractivity contribution < 1.29 is 9.53 Å². The molecule has 1 fully saturated rings. The van der Waals surface area contributed by atoms with Crippen LogP contribution in [0.25, 0.3) is 5.69 Å². The molecule has 0 unspecified atom stereocenters. The van der Waals surface area contributed by atoms with Crippen LogP contribution in [0, 0.1) is 0 Å². The summed E-state index contributed by atoms with van der Waals surface area (Å²) in [6.07, 6.45) is 8.75. The number of amides is 2. The molecule has 0 bridgehead atoms. The summed E-state index contributed by atoms with van der Waals surface area (Å²) in [4.78, 5) is 16.3. The number of urea groups is 1. The predicted octanol–water partition coefficient (Wildman–Crippen LogP) is 3.19. The van der Waals surface area contributed by atoms with E-state index in [1.165, 1.54) is 0 Å². The van der Waals surface area contributed by atoms with E-state index in [0.29, 0.717) is 0 Å². The number of carbonyl (C=O) groups excluding carboxylic acids is 1. The Morgan fingerprint density at radius 1 is 1.40 bits per heavy atom. The Hall–Kier alpha value is -2.34. The molecule has 1 aliphatic rings. The molecular formula is C19H26N4O2. The molecule has 25 heavy (non-hydrogen) atoms. The van der Waals surface area contributed by atoms with Crippen molar-refractivity contribution >= 4 is 6.03 Å². The number of hydrogen-bond donors (Lipinski definition) is 2. The molecular weight excluding hydrogens is 316 g/mol. The van der Waals surface area contributed by atoms with Crippen LogP contribution in [0.4, 0.5) is 4.79 Å². The van der Waals surface area contributed by atoms with Gasteiger partial charge in [0.2, 0.25) is 0 Å². The third kappa shape index (κ3) is 4.82. The lowest BCUT2D eigenvalue weighted by Crippen LogP contribution is -2.42. The summed E-state index contributed by atoms with van der Waals surface area (Å²) in [6.45, 7) is 4.84. The molecule has 0 radical (unpaired) electrons. The summed E-state index contributed by atoms with van der Waals surface area (Å²) in [5.41, 5.74) is 2.07. The van der Waals surface area contributed by atoms with Crippen molar-refractivity contribution in [2.24, 2.45) is 0 Å². The van der Waals surface area contributed by atoms with E-state index < -0.39 is 0 Å². The van der Waals surface area contributed by atoms with Crippen molar-refractivity contribution in [2.45, 2.75) is 51.3 Å². The molecule has 2 amide bonds. The number of carbonyl (C=O) groups is 1. The van der Waals surface area contributed by atoms with Crippen LogP contribution in [0.1, 0.15) is 44.7 Å². The highest BCUT2D eigenvalue weighted by atomic mass is 16.5. The molecule has 1 aliphatic heterocycles. The first kappa shape index (κ1) is 17.5. The molecule has 2 N–H and O–H groups in total. The van der Waals surface area contributed by atoms with Gasteiger partial charge in [0.05, 0.1) is 18.5 Å². The largest absolute Gasteiger partial charge is 0.378 e. The van der Waals surface area contributed by atoms with E-state index in [1.807, 2.05) is 42.8 Å². The average molecular weight is 342 g/mol. The zero-order valence-electron chi connectivity index (χ0n) is 14.8. The molecule has 2 aromatic rings. The normalized spacial score (nSPS) is 19.4. The quantitative estimate of drug-likeness (QED) is 0.847. The second-order valence-corrected chi connectivity index (χ2v) is 6.68. The molecule has 2 heterocycles. The number of hydrogen-bond acceptors (Lipinski definition) is 3. The van der Waals surface area contributed by atoms with Crippen molar-refractivity contribution in [1.82, 2.24) is 20.2 Å². The summed E-state index contributed by atoms with van der Waals surface area (Å²) >= 11 is 0. The Kier molecular flexibility index (Phi) is 5.71. The van der Waals surface area contributed by atoms with E-state index in [1.54, 1.807) is 12.5 Å². The first-order chi connectivity index (χ1) is 12.1. The second-order valence-electron chi connectivity index (χ2n) is 6.68. The molecule has 6 nitrogen and oxygen atoms in total. The number of benzene rings is 1. The van der Waals surface area contributed by atoms with Crippen LogP contribution in [-0.2, 0) is 4.74 Å². The third-order valence-corrected chi connectivity index (χ3v) is 4.54. The summed E-state index contributed by atoms with van der Waals surface area (Å²) in [5, 5.41) is 6.01. The van der Waals surface area contributed by atoms with E-state index in [9.17, 15) is 4.79 Å². The Balaban J connectivity index is 1.53. The molecule has 3 atom stereocenters. The second kappa shape index (κ2) is 8.16. The van der Waals surface area contributed by atoms with Crippen LogP contribution in [-0.4, -0.2) is 34.3 Å². The minimum atomic E-state index is -0.147. The van der Waals surface area contributed by atoms with Gasteiger partial charge in [0.1, 0.15) is 0 Å². The fourth-order valence-electron chi connectivity index (χ4n) is 3.20. The van der Waals surface area contributed by atoms with Gasteiger partial charge in [-0.3, -0.25) is 0 Å². The van der Waals surface area contributed by atoms with Crippen LogP contribution in [0.5, 0.6) is 0 Å². The highest BCUT2D eigenvalue weighted by Crippen LogP contribution is 2.18. The highest BCUT2D eigenvalue weighted by molar-refractivity contribution is 5.74. The first-order valence-corrected chi connectivity index (χ1v) is 8.89. The number of aromatic nitrogens is 2. The third-order valence-electron chi connectivity index (χ3n) is 4.54. The van der Waals surface area contributed by atoms with E-state index in [0.717, 1.165) is 37.1 Å². The predicted molar refractivity (Wildman–Crippen MR) is 96.7 cm³/mol. The SMILES string of the molecule is C[C@H](C[C@H]1CCCO1)NC(=O)N[C@H](C)c1cccc(-n2ccnc2)c1. The van der Waals surface area contributed by atoms with E-state index >= 15 is 0 Å². The molecule has 0 aliphatic carbocycles. The lowest BCUT2D eigenvalue weighted by atomic mass is 10.1. The Bertz CT molecular complexity index is 680. The minimum Gasteiger partial charge on any atom is -0.378 e. The van der Waals surface area contributed by atoms with Gasteiger partial charge in [-0.1, -0.05) is 12.1 Å². The number of imidazole rings is 1.